The van der Waals surface area contributed by atoms with Crippen molar-refractivity contribution in [2.24, 2.45) is 5.73 Å². The second-order valence-corrected chi connectivity index (χ2v) is 3.27. The Morgan fingerprint density at radius 2 is 2.13 bits per heavy atom. The molecule has 0 saturated carbocycles. The van der Waals surface area contributed by atoms with Gasteiger partial charge in [0.15, 0.2) is 0 Å². The van der Waals surface area contributed by atoms with E-state index in [1.165, 1.54) is 12.1 Å². The molecule has 1 rings (SSSR count). The number of rotatable bonds is 4. The smallest absolute Gasteiger partial charge is 0.320 e. The van der Waals surface area contributed by atoms with Crippen LogP contribution in [-0.4, -0.2) is 27.3 Å². The summed E-state index contributed by atoms with van der Waals surface area (Å²) < 4.78 is 0. The fourth-order valence-corrected chi connectivity index (χ4v) is 1.23. The van der Waals surface area contributed by atoms with Crippen LogP contribution >= 0.6 is 0 Å². The van der Waals surface area contributed by atoms with Crippen LogP contribution in [0.15, 0.2) is 18.2 Å². The number of aromatic hydroxyl groups is 1. The molecule has 0 amide bonds. The van der Waals surface area contributed by atoms with Crippen molar-refractivity contribution in [3.63, 3.8) is 0 Å². The van der Waals surface area contributed by atoms with Crippen LogP contribution in [0.2, 0.25) is 0 Å². The van der Waals surface area contributed by atoms with Crippen molar-refractivity contribution < 1.29 is 20.1 Å². The number of hydrogen-bond donors (Lipinski definition) is 4. The molecule has 0 heterocycles. The zero-order valence-electron chi connectivity index (χ0n) is 8.05. The van der Waals surface area contributed by atoms with Gasteiger partial charge in [0.2, 0.25) is 0 Å². The van der Waals surface area contributed by atoms with E-state index >= 15 is 0 Å². The lowest BCUT2D eigenvalue weighted by Crippen LogP contribution is -2.32. The summed E-state index contributed by atoms with van der Waals surface area (Å²) in [6.45, 7) is -0.290. The van der Waals surface area contributed by atoms with Gasteiger partial charge in [0.1, 0.15) is 11.8 Å². The average Bonchev–Trinajstić information content (AvgIpc) is 2.20. The van der Waals surface area contributed by atoms with Gasteiger partial charge in [-0.2, -0.15) is 0 Å². The lowest BCUT2D eigenvalue weighted by Gasteiger charge is -2.08. The Balaban J connectivity index is 2.83. The van der Waals surface area contributed by atoms with E-state index in [1.807, 2.05) is 0 Å². The van der Waals surface area contributed by atoms with Gasteiger partial charge in [-0.05, 0) is 24.1 Å². The summed E-state index contributed by atoms with van der Waals surface area (Å²) in [7, 11) is 0. The molecular formula is C10H13NO4. The zero-order valence-corrected chi connectivity index (χ0v) is 8.05. The van der Waals surface area contributed by atoms with Crippen LogP contribution in [-0.2, 0) is 17.8 Å². The third-order valence-corrected chi connectivity index (χ3v) is 2.09. The number of hydrogen-bond acceptors (Lipinski definition) is 4. The number of carboxylic acid groups (broad SMARTS) is 1. The molecule has 0 aliphatic carbocycles. The summed E-state index contributed by atoms with van der Waals surface area (Å²) in [6.07, 6.45) is 0.169. The molecule has 1 aromatic rings. The van der Waals surface area contributed by atoms with Crippen molar-refractivity contribution in [3.05, 3.63) is 29.3 Å². The second kappa shape index (κ2) is 4.77. The molecule has 1 atom stereocenters. The number of aliphatic hydroxyl groups is 1. The first-order chi connectivity index (χ1) is 7.04. The monoisotopic (exact) mass is 211 g/mol. The molecule has 82 valence electrons. The highest BCUT2D eigenvalue weighted by molar-refractivity contribution is 5.73. The first-order valence-electron chi connectivity index (χ1n) is 4.44. The highest BCUT2D eigenvalue weighted by Gasteiger charge is 2.12. The van der Waals surface area contributed by atoms with E-state index in [-0.39, 0.29) is 18.8 Å². The molecule has 1 aromatic carbocycles. The molecule has 0 fully saturated rings. The summed E-state index contributed by atoms with van der Waals surface area (Å²) in [5.74, 6) is -1.08. The van der Waals surface area contributed by atoms with Crippen molar-refractivity contribution in [3.8, 4) is 5.75 Å². The molecule has 1 unspecified atom stereocenters. The summed E-state index contributed by atoms with van der Waals surface area (Å²) >= 11 is 0. The number of phenols is 1. The van der Waals surface area contributed by atoms with Crippen LogP contribution in [0.4, 0.5) is 0 Å². The summed E-state index contributed by atoms with van der Waals surface area (Å²) in [5.41, 5.74) is 6.39. The van der Waals surface area contributed by atoms with Crippen LogP contribution in [0.1, 0.15) is 11.1 Å². The molecule has 0 aliphatic heterocycles. The van der Waals surface area contributed by atoms with Gasteiger partial charge >= 0.3 is 5.97 Å². The van der Waals surface area contributed by atoms with Gasteiger partial charge in [-0.15, -0.1) is 0 Å². The third-order valence-electron chi connectivity index (χ3n) is 2.09. The zero-order chi connectivity index (χ0) is 11.4. The largest absolute Gasteiger partial charge is 0.508 e. The molecular weight excluding hydrogens is 198 g/mol. The lowest BCUT2D eigenvalue weighted by atomic mass is 10.0. The molecule has 0 aliphatic rings. The normalized spacial score (nSPS) is 12.4. The van der Waals surface area contributed by atoms with Crippen LogP contribution < -0.4 is 5.73 Å². The SMILES string of the molecule is NC(Cc1ccc(O)c(CO)c1)C(=O)O. The standard InChI is InChI=1S/C10H13NO4/c11-8(10(14)15)4-6-1-2-9(13)7(3-6)5-12/h1-3,8,12-13H,4-5,11H2,(H,14,15). The van der Waals surface area contributed by atoms with Crippen molar-refractivity contribution in [2.75, 3.05) is 0 Å². The van der Waals surface area contributed by atoms with Gasteiger partial charge in [-0.1, -0.05) is 6.07 Å². The number of benzene rings is 1. The Bertz CT molecular complexity index is 364. The molecule has 0 aromatic heterocycles. The van der Waals surface area contributed by atoms with Crippen LogP contribution in [0.3, 0.4) is 0 Å². The Hall–Kier alpha value is -1.59. The first kappa shape index (κ1) is 11.5. The van der Waals surface area contributed by atoms with Gasteiger partial charge in [0, 0.05) is 5.56 Å². The van der Waals surface area contributed by atoms with Gasteiger partial charge in [-0.25, -0.2) is 0 Å². The average molecular weight is 211 g/mol. The topological polar surface area (TPSA) is 104 Å². The Labute approximate surface area is 86.8 Å². The fourth-order valence-electron chi connectivity index (χ4n) is 1.23. The van der Waals surface area contributed by atoms with Crippen LogP contribution in [0, 0.1) is 0 Å². The van der Waals surface area contributed by atoms with Crippen molar-refractivity contribution in [1.82, 2.24) is 0 Å². The molecule has 15 heavy (non-hydrogen) atoms. The molecule has 0 radical (unpaired) electrons. The summed E-state index contributed by atoms with van der Waals surface area (Å²) in [4.78, 5) is 10.5. The van der Waals surface area contributed by atoms with Crippen LogP contribution in [0.25, 0.3) is 0 Å². The minimum atomic E-state index is -1.08. The van der Waals surface area contributed by atoms with Gasteiger partial charge in [0.25, 0.3) is 0 Å². The van der Waals surface area contributed by atoms with E-state index in [2.05, 4.69) is 0 Å². The second-order valence-electron chi connectivity index (χ2n) is 3.27. The van der Waals surface area contributed by atoms with E-state index in [0.29, 0.717) is 11.1 Å². The van der Waals surface area contributed by atoms with E-state index in [0.717, 1.165) is 0 Å². The highest BCUT2D eigenvalue weighted by Crippen LogP contribution is 2.18. The molecule has 5 heteroatoms. The molecule has 5 N–H and O–H groups in total. The van der Waals surface area contributed by atoms with Crippen molar-refractivity contribution >= 4 is 5.97 Å². The maximum absolute atomic E-state index is 10.5. The molecule has 0 saturated heterocycles. The Morgan fingerprint density at radius 1 is 1.47 bits per heavy atom. The molecule has 5 nitrogen and oxygen atoms in total. The molecule has 0 bridgehead atoms. The number of aliphatic hydroxyl groups excluding tert-OH is 1. The van der Waals surface area contributed by atoms with Gasteiger partial charge < -0.3 is 21.1 Å². The van der Waals surface area contributed by atoms with Crippen molar-refractivity contribution in [2.45, 2.75) is 19.1 Å². The number of carboxylic acids is 1. The highest BCUT2D eigenvalue weighted by atomic mass is 16.4. The van der Waals surface area contributed by atoms with E-state index in [4.69, 9.17) is 15.9 Å². The van der Waals surface area contributed by atoms with E-state index in [1.54, 1.807) is 6.07 Å². The first-order valence-corrected chi connectivity index (χ1v) is 4.44. The number of aliphatic carboxylic acids is 1. The minimum absolute atomic E-state index is 0.00912. The Morgan fingerprint density at radius 3 is 2.67 bits per heavy atom. The van der Waals surface area contributed by atoms with Gasteiger partial charge in [-0.3, -0.25) is 4.79 Å². The quantitative estimate of drug-likeness (QED) is 0.554. The van der Waals surface area contributed by atoms with Gasteiger partial charge in [0.05, 0.1) is 6.61 Å². The summed E-state index contributed by atoms with van der Waals surface area (Å²) in [5, 5.41) is 26.7. The molecule has 0 spiro atoms. The van der Waals surface area contributed by atoms with Crippen LogP contribution in [0.5, 0.6) is 5.75 Å². The third kappa shape index (κ3) is 2.93. The van der Waals surface area contributed by atoms with E-state index in [9.17, 15) is 9.90 Å². The minimum Gasteiger partial charge on any atom is -0.508 e. The van der Waals surface area contributed by atoms with E-state index < -0.39 is 12.0 Å². The number of nitrogens with two attached hydrogens (primary N) is 1. The maximum Gasteiger partial charge on any atom is 0.320 e. The fraction of sp³-hybridized carbons (Fsp3) is 0.300. The Kier molecular flexibility index (Phi) is 3.65. The summed E-state index contributed by atoms with van der Waals surface area (Å²) in [6, 6.07) is 3.56. The number of carbonyl (C=O) groups is 1. The predicted molar refractivity (Wildman–Crippen MR) is 53.3 cm³/mol. The lowest BCUT2D eigenvalue weighted by molar-refractivity contribution is -0.138. The predicted octanol–water partition coefficient (Wildman–Crippen LogP) is -0.161. The van der Waals surface area contributed by atoms with Crippen molar-refractivity contribution in [1.29, 1.82) is 0 Å². The maximum atomic E-state index is 10.5.